The van der Waals surface area contributed by atoms with Crippen molar-refractivity contribution in [2.24, 2.45) is 17.6 Å². The van der Waals surface area contributed by atoms with Crippen LogP contribution in [-0.2, 0) is 11.2 Å². The molecule has 0 spiro atoms. The van der Waals surface area contributed by atoms with Gasteiger partial charge < -0.3 is 10.8 Å². The molecule has 3 nitrogen and oxygen atoms in total. The molecule has 0 saturated heterocycles. The average molecular weight is 285 g/mol. The van der Waals surface area contributed by atoms with Crippen molar-refractivity contribution in [3.05, 3.63) is 35.4 Å². The molecule has 1 rings (SSSR count). The predicted molar refractivity (Wildman–Crippen MR) is 73.3 cm³/mol. The molecule has 0 aliphatic carbocycles. The van der Waals surface area contributed by atoms with E-state index in [-0.39, 0.29) is 12.5 Å². The maximum atomic E-state index is 13.5. The van der Waals surface area contributed by atoms with Crippen molar-refractivity contribution in [2.45, 2.75) is 32.6 Å². The molecule has 0 bridgehead atoms. The number of halogens is 2. The van der Waals surface area contributed by atoms with Gasteiger partial charge in [0.2, 0.25) is 0 Å². The van der Waals surface area contributed by atoms with Crippen LogP contribution in [0, 0.1) is 23.5 Å². The number of carbonyl (C=O) groups is 1. The molecule has 0 aliphatic rings. The van der Waals surface area contributed by atoms with Gasteiger partial charge in [0, 0.05) is 12.6 Å². The van der Waals surface area contributed by atoms with E-state index in [9.17, 15) is 13.6 Å². The number of hydrogen-bond acceptors (Lipinski definition) is 2. The van der Waals surface area contributed by atoms with Crippen LogP contribution in [-0.4, -0.2) is 17.6 Å². The molecule has 112 valence electrons. The van der Waals surface area contributed by atoms with Gasteiger partial charge >= 0.3 is 5.97 Å². The van der Waals surface area contributed by atoms with Gasteiger partial charge in [0.25, 0.3) is 0 Å². The fourth-order valence-electron chi connectivity index (χ4n) is 2.27. The Morgan fingerprint density at radius 3 is 2.60 bits per heavy atom. The lowest BCUT2D eigenvalue weighted by Crippen LogP contribution is -2.26. The average Bonchev–Trinajstić information content (AvgIpc) is 2.40. The number of aryl methyl sites for hydroxylation is 1. The highest BCUT2D eigenvalue weighted by molar-refractivity contribution is 5.70. The van der Waals surface area contributed by atoms with Gasteiger partial charge in [0.1, 0.15) is 11.6 Å². The quantitative estimate of drug-likeness (QED) is 0.772. The van der Waals surface area contributed by atoms with Crippen molar-refractivity contribution in [3.8, 4) is 0 Å². The van der Waals surface area contributed by atoms with E-state index in [2.05, 4.69) is 0 Å². The van der Waals surface area contributed by atoms with Crippen molar-refractivity contribution in [2.75, 3.05) is 6.54 Å². The molecular formula is C15H21F2NO2. The fraction of sp³-hybridized carbons (Fsp3) is 0.533. The van der Waals surface area contributed by atoms with Crippen molar-refractivity contribution in [1.29, 1.82) is 0 Å². The van der Waals surface area contributed by atoms with Crippen molar-refractivity contribution >= 4 is 5.97 Å². The molecule has 1 aromatic carbocycles. The Morgan fingerprint density at radius 2 is 2.10 bits per heavy atom. The zero-order valence-electron chi connectivity index (χ0n) is 11.6. The van der Waals surface area contributed by atoms with E-state index in [4.69, 9.17) is 10.8 Å². The van der Waals surface area contributed by atoms with Crippen LogP contribution in [0.4, 0.5) is 8.78 Å². The second-order valence-electron chi connectivity index (χ2n) is 5.06. The Labute approximate surface area is 117 Å². The highest BCUT2D eigenvalue weighted by Gasteiger charge is 2.20. The molecular weight excluding hydrogens is 264 g/mol. The van der Waals surface area contributed by atoms with Crippen molar-refractivity contribution in [1.82, 2.24) is 0 Å². The highest BCUT2D eigenvalue weighted by Crippen LogP contribution is 2.22. The van der Waals surface area contributed by atoms with E-state index in [0.29, 0.717) is 24.8 Å². The van der Waals surface area contributed by atoms with E-state index in [1.807, 2.05) is 6.92 Å². The van der Waals surface area contributed by atoms with Crippen LogP contribution in [0.5, 0.6) is 0 Å². The van der Waals surface area contributed by atoms with Gasteiger partial charge in [0.05, 0.1) is 5.92 Å². The maximum absolute atomic E-state index is 13.5. The van der Waals surface area contributed by atoms with Gasteiger partial charge in [0.15, 0.2) is 0 Å². The number of rotatable bonds is 8. The van der Waals surface area contributed by atoms with Gasteiger partial charge in [-0.15, -0.1) is 0 Å². The largest absolute Gasteiger partial charge is 0.481 e. The summed E-state index contributed by atoms with van der Waals surface area (Å²) in [5.74, 6) is -2.41. The first kappa shape index (κ1) is 16.6. The Kier molecular flexibility index (Phi) is 6.58. The first-order chi connectivity index (χ1) is 9.47. The first-order valence-corrected chi connectivity index (χ1v) is 6.84. The Bertz CT molecular complexity index is 451. The summed E-state index contributed by atoms with van der Waals surface area (Å²) in [6.45, 7) is 2.08. The third-order valence-electron chi connectivity index (χ3n) is 3.67. The van der Waals surface area contributed by atoms with Crippen LogP contribution < -0.4 is 5.73 Å². The molecule has 3 N–H and O–H groups in total. The topological polar surface area (TPSA) is 63.3 Å². The molecule has 0 aromatic heterocycles. The summed E-state index contributed by atoms with van der Waals surface area (Å²) in [4.78, 5) is 11.0. The summed E-state index contributed by atoms with van der Waals surface area (Å²) in [6.07, 6.45) is 2.45. The fourth-order valence-corrected chi connectivity index (χ4v) is 2.27. The molecule has 20 heavy (non-hydrogen) atoms. The van der Waals surface area contributed by atoms with Gasteiger partial charge in [-0.2, -0.15) is 0 Å². The number of nitrogens with two attached hydrogens (primary N) is 1. The SMILES string of the molecule is CCC(CCc1ccc(F)cc1F)CC(CN)C(=O)O. The van der Waals surface area contributed by atoms with Gasteiger partial charge in [-0.1, -0.05) is 19.4 Å². The van der Waals surface area contributed by atoms with Crippen LogP contribution in [0.1, 0.15) is 31.7 Å². The van der Waals surface area contributed by atoms with Crippen LogP contribution in [0.25, 0.3) is 0 Å². The zero-order chi connectivity index (χ0) is 15.1. The first-order valence-electron chi connectivity index (χ1n) is 6.84. The smallest absolute Gasteiger partial charge is 0.307 e. The monoisotopic (exact) mass is 285 g/mol. The maximum Gasteiger partial charge on any atom is 0.307 e. The van der Waals surface area contributed by atoms with E-state index in [1.165, 1.54) is 12.1 Å². The van der Waals surface area contributed by atoms with Crippen LogP contribution >= 0.6 is 0 Å². The van der Waals surface area contributed by atoms with E-state index in [1.54, 1.807) is 0 Å². The van der Waals surface area contributed by atoms with E-state index < -0.39 is 23.5 Å². The Balaban J connectivity index is 2.58. The lowest BCUT2D eigenvalue weighted by molar-refractivity contribution is -0.142. The summed E-state index contributed by atoms with van der Waals surface area (Å²) in [7, 11) is 0. The number of carboxylic acid groups (broad SMARTS) is 1. The lowest BCUT2D eigenvalue weighted by Gasteiger charge is -2.19. The van der Waals surface area contributed by atoms with Crippen molar-refractivity contribution < 1.29 is 18.7 Å². The highest BCUT2D eigenvalue weighted by atomic mass is 19.1. The second-order valence-corrected chi connectivity index (χ2v) is 5.06. The Hall–Kier alpha value is -1.49. The van der Waals surface area contributed by atoms with Gasteiger partial charge in [-0.05, 0) is 36.8 Å². The molecule has 0 heterocycles. The molecule has 2 unspecified atom stereocenters. The number of aliphatic carboxylic acids is 1. The lowest BCUT2D eigenvalue weighted by atomic mass is 9.88. The minimum atomic E-state index is -0.890. The minimum Gasteiger partial charge on any atom is -0.481 e. The van der Waals surface area contributed by atoms with Crippen LogP contribution in [0.2, 0.25) is 0 Å². The normalized spacial score (nSPS) is 14.0. The molecule has 0 saturated carbocycles. The molecule has 5 heteroatoms. The predicted octanol–water partition coefficient (Wildman–Crippen LogP) is 2.97. The molecule has 2 atom stereocenters. The Morgan fingerprint density at radius 1 is 1.40 bits per heavy atom. The molecule has 0 radical (unpaired) electrons. The standard InChI is InChI=1S/C15H21F2NO2/c1-2-10(7-12(9-18)15(19)20)3-4-11-5-6-13(16)8-14(11)17/h5-6,8,10,12H,2-4,7,9,18H2,1H3,(H,19,20). The molecule has 0 amide bonds. The third kappa shape index (κ3) is 4.89. The van der Waals surface area contributed by atoms with Crippen LogP contribution in [0.3, 0.4) is 0 Å². The summed E-state index contributed by atoms with van der Waals surface area (Å²) in [5, 5.41) is 9.00. The molecule has 0 fully saturated rings. The number of carboxylic acids is 1. The summed E-state index contributed by atoms with van der Waals surface area (Å²) in [5.41, 5.74) is 5.90. The second kappa shape index (κ2) is 7.94. The molecule has 0 aliphatic heterocycles. The number of benzene rings is 1. The summed E-state index contributed by atoms with van der Waals surface area (Å²) < 4.78 is 26.3. The van der Waals surface area contributed by atoms with Gasteiger partial charge in [-0.3, -0.25) is 4.79 Å². The van der Waals surface area contributed by atoms with Crippen molar-refractivity contribution in [3.63, 3.8) is 0 Å². The number of hydrogen-bond donors (Lipinski definition) is 2. The third-order valence-corrected chi connectivity index (χ3v) is 3.67. The minimum absolute atomic E-state index is 0.108. The summed E-state index contributed by atoms with van der Waals surface area (Å²) >= 11 is 0. The van der Waals surface area contributed by atoms with Gasteiger partial charge in [-0.25, -0.2) is 8.78 Å². The van der Waals surface area contributed by atoms with Crippen LogP contribution in [0.15, 0.2) is 18.2 Å². The van der Waals surface area contributed by atoms with E-state index in [0.717, 1.165) is 12.5 Å². The molecule has 1 aromatic rings. The van der Waals surface area contributed by atoms with E-state index >= 15 is 0 Å². The zero-order valence-corrected chi connectivity index (χ0v) is 11.6. The summed E-state index contributed by atoms with van der Waals surface area (Å²) in [6, 6.07) is 3.55.